The second-order valence-electron chi connectivity index (χ2n) is 7.53. The van der Waals surface area contributed by atoms with E-state index in [0.717, 1.165) is 21.2 Å². The minimum absolute atomic E-state index is 0.100. The molecule has 0 aliphatic carbocycles. The normalized spacial score (nSPS) is 11.1. The summed E-state index contributed by atoms with van der Waals surface area (Å²) in [5, 5.41) is 3.52. The van der Waals surface area contributed by atoms with Crippen LogP contribution in [-0.2, 0) is 20.6 Å². The maximum atomic E-state index is 13.5. The van der Waals surface area contributed by atoms with Crippen LogP contribution in [0.4, 0.5) is 5.69 Å². The maximum Gasteiger partial charge on any atom is 0.264 e. The first kappa shape index (κ1) is 25.9. The fraction of sp³-hybridized carbons (Fsp3) is 0.240. The van der Waals surface area contributed by atoms with Gasteiger partial charge in [0, 0.05) is 23.1 Å². The van der Waals surface area contributed by atoms with Crippen LogP contribution in [0.3, 0.4) is 0 Å². The van der Waals surface area contributed by atoms with Crippen molar-refractivity contribution >= 4 is 45.0 Å². The number of nitrogens with one attached hydrogen (secondary N) is 1. The molecule has 3 aromatic rings. The minimum atomic E-state index is -4.00. The zero-order valence-electron chi connectivity index (χ0n) is 19.0. The molecule has 0 spiro atoms. The first-order valence-corrected chi connectivity index (χ1v) is 13.6. The number of hydrogen-bond donors (Lipinski definition) is 1. The van der Waals surface area contributed by atoms with Crippen molar-refractivity contribution in [3.8, 4) is 5.75 Å². The third kappa shape index (κ3) is 6.91. The lowest BCUT2D eigenvalue weighted by Gasteiger charge is -2.26. The largest absolute Gasteiger partial charge is 0.495 e. The quantitative estimate of drug-likeness (QED) is 0.365. The molecule has 0 radical (unpaired) electrons. The summed E-state index contributed by atoms with van der Waals surface area (Å²) in [6.45, 7) is 1.90. The summed E-state index contributed by atoms with van der Waals surface area (Å²) in [4.78, 5) is 12.9. The Labute approximate surface area is 210 Å². The third-order valence-electron chi connectivity index (χ3n) is 4.95. The molecule has 6 nitrogen and oxygen atoms in total. The number of aryl methyl sites for hydroxylation is 1. The molecule has 0 aliphatic rings. The Morgan fingerprint density at radius 3 is 2.53 bits per heavy atom. The number of thioether (sulfide) groups is 1. The van der Waals surface area contributed by atoms with E-state index < -0.39 is 15.9 Å². The van der Waals surface area contributed by atoms with Gasteiger partial charge in [-0.05, 0) is 54.4 Å². The van der Waals surface area contributed by atoms with Crippen molar-refractivity contribution in [2.24, 2.45) is 0 Å². The molecule has 3 aromatic carbocycles. The molecule has 0 fully saturated rings. The van der Waals surface area contributed by atoms with Crippen LogP contribution in [0.5, 0.6) is 5.75 Å². The summed E-state index contributed by atoms with van der Waals surface area (Å²) in [6, 6.07) is 20.9. The number of hydrogen-bond acceptors (Lipinski definition) is 5. The van der Waals surface area contributed by atoms with E-state index in [9.17, 15) is 13.2 Å². The fourth-order valence-electron chi connectivity index (χ4n) is 3.28. The van der Waals surface area contributed by atoms with Crippen LogP contribution in [0.15, 0.2) is 77.7 Å². The van der Waals surface area contributed by atoms with Gasteiger partial charge in [0.1, 0.15) is 12.3 Å². The average molecular weight is 519 g/mol. The highest BCUT2D eigenvalue weighted by Gasteiger charge is 2.29. The van der Waals surface area contributed by atoms with Crippen molar-refractivity contribution in [1.82, 2.24) is 5.32 Å². The summed E-state index contributed by atoms with van der Waals surface area (Å²) in [7, 11) is -2.53. The van der Waals surface area contributed by atoms with E-state index in [2.05, 4.69) is 5.32 Å². The molecule has 34 heavy (non-hydrogen) atoms. The average Bonchev–Trinajstić information content (AvgIpc) is 2.83. The Kier molecular flexibility index (Phi) is 9.27. The molecule has 0 atom stereocenters. The number of ether oxygens (including phenoxy) is 1. The summed E-state index contributed by atoms with van der Waals surface area (Å²) in [6.07, 6.45) is 0. The number of rotatable bonds is 11. The highest BCUT2D eigenvalue weighted by atomic mass is 35.5. The van der Waals surface area contributed by atoms with E-state index in [1.165, 1.54) is 19.2 Å². The highest BCUT2D eigenvalue weighted by molar-refractivity contribution is 7.98. The molecule has 0 aromatic heterocycles. The lowest BCUT2D eigenvalue weighted by Crippen LogP contribution is -2.41. The van der Waals surface area contributed by atoms with Crippen LogP contribution >= 0.6 is 23.4 Å². The number of amides is 1. The van der Waals surface area contributed by atoms with Crippen molar-refractivity contribution in [3.05, 3.63) is 88.9 Å². The molecular formula is C25H27ClN2O4S2. The standard InChI is InChI=1S/C25H27ClN2O4S2/c1-19-11-12-24(32-2)23(15-19)28(34(30,31)22-9-4-3-5-10-22)17-25(29)27-13-14-33-18-20-7-6-8-21(26)16-20/h3-12,15-16H,13-14,17-18H2,1-2H3,(H,27,29). The second-order valence-corrected chi connectivity index (χ2v) is 10.9. The SMILES string of the molecule is COc1ccc(C)cc1N(CC(=O)NCCSCc1cccc(Cl)c1)S(=O)(=O)c1ccccc1. The van der Waals surface area contributed by atoms with Crippen LogP contribution in [0.2, 0.25) is 5.02 Å². The summed E-state index contributed by atoms with van der Waals surface area (Å²) in [5.41, 5.74) is 2.27. The molecule has 0 heterocycles. The van der Waals surface area contributed by atoms with Crippen LogP contribution in [0.1, 0.15) is 11.1 Å². The molecule has 3 rings (SSSR count). The number of carbonyl (C=O) groups excluding carboxylic acids is 1. The summed E-state index contributed by atoms with van der Waals surface area (Å²) >= 11 is 7.67. The number of methoxy groups -OCH3 is 1. The minimum Gasteiger partial charge on any atom is -0.495 e. The molecule has 0 aliphatic heterocycles. The zero-order valence-corrected chi connectivity index (χ0v) is 21.4. The van der Waals surface area contributed by atoms with Crippen molar-refractivity contribution in [1.29, 1.82) is 0 Å². The topological polar surface area (TPSA) is 75.7 Å². The molecule has 9 heteroatoms. The molecule has 180 valence electrons. The number of anilines is 1. The van der Waals surface area contributed by atoms with Gasteiger partial charge in [0.15, 0.2) is 0 Å². The van der Waals surface area contributed by atoms with Gasteiger partial charge in [-0.25, -0.2) is 8.42 Å². The second kappa shape index (κ2) is 12.1. The molecule has 0 bridgehead atoms. The molecule has 1 amide bonds. The van der Waals surface area contributed by atoms with Crippen LogP contribution in [0, 0.1) is 6.92 Å². The Hall–Kier alpha value is -2.68. The molecular weight excluding hydrogens is 492 g/mol. The number of sulfonamides is 1. The van der Waals surface area contributed by atoms with E-state index in [1.54, 1.807) is 42.1 Å². The predicted octanol–water partition coefficient (Wildman–Crippen LogP) is 4.90. The lowest BCUT2D eigenvalue weighted by atomic mass is 10.2. The zero-order chi connectivity index (χ0) is 24.6. The number of nitrogens with zero attached hydrogens (tertiary/aromatic N) is 1. The fourth-order valence-corrected chi connectivity index (χ4v) is 5.74. The van der Waals surface area contributed by atoms with Gasteiger partial charge in [-0.2, -0.15) is 11.8 Å². The van der Waals surface area contributed by atoms with Gasteiger partial charge in [0.2, 0.25) is 5.91 Å². The highest BCUT2D eigenvalue weighted by Crippen LogP contribution is 2.33. The molecule has 1 N–H and O–H groups in total. The third-order valence-corrected chi connectivity index (χ3v) is 7.99. The van der Waals surface area contributed by atoms with E-state index >= 15 is 0 Å². The van der Waals surface area contributed by atoms with Gasteiger partial charge in [0.25, 0.3) is 10.0 Å². The summed E-state index contributed by atoms with van der Waals surface area (Å²) < 4.78 is 33.5. The number of halogens is 1. The monoisotopic (exact) mass is 518 g/mol. The van der Waals surface area contributed by atoms with E-state index in [-0.39, 0.29) is 11.4 Å². The van der Waals surface area contributed by atoms with Gasteiger partial charge in [-0.1, -0.05) is 48.0 Å². The van der Waals surface area contributed by atoms with Crippen molar-refractivity contribution in [2.45, 2.75) is 17.6 Å². The Morgan fingerprint density at radius 2 is 1.82 bits per heavy atom. The van der Waals surface area contributed by atoms with Crippen LogP contribution in [-0.4, -0.2) is 40.3 Å². The Balaban J connectivity index is 1.70. The van der Waals surface area contributed by atoms with Crippen molar-refractivity contribution in [3.63, 3.8) is 0 Å². The van der Waals surface area contributed by atoms with Gasteiger partial charge in [-0.15, -0.1) is 0 Å². The lowest BCUT2D eigenvalue weighted by molar-refractivity contribution is -0.119. The molecule has 0 unspecified atom stereocenters. The van der Waals surface area contributed by atoms with Gasteiger partial charge in [0.05, 0.1) is 17.7 Å². The van der Waals surface area contributed by atoms with E-state index in [0.29, 0.717) is 28.8 Å². The van der Waals surface area contributed by atoms with Crippen LogP contribution < -0.4 is 14.4 Å². The van der Waals surface area contributed by atoms with E-state index in [1.807, 2.05) is 37.3 Å². The number of carbonyl (C=O) groups is 1. The Bertz CT molecular complexity index is 1220. The first-order chi connectivity index (χ1) is 16.3. The maximum absolute atomic E-state index is 13.5. The van der Waals surface area contributed by atoms with Crippen LogP contribution in [0.25, 0.3) is 0 Å². The summed E-state index contributed by atoms with van der Waals surface area (Å²) in [5.74, 6) is 1.42. The predicted molar refractivity (Wildman–Crippen MR) is 139 cm³/mol. The van der Waals surface area contributed by atoms with Crippen molar-refractivity contribution < 1.29 is 17.9 Å². The van der Waals surface area contributed by atoms with Crippen molar-refractivity contribution in [2.75, 3.05) is 30.3 Å². The first-order valence-electron chi connectivity index (χ1n) is 10.6. The molecule has 0 saturated carbocycles. The molecule has 0 saturated heterocycles. The smallest absolute Gasteiger partial charge is 0.264 e. The van der Waals surface area contributed by atoms with Gasteiger partial charge < -0.3 is 10.1 Å². The Morgan fingerprint density at radius 1 is 1.06 bits per heavy atom. The van der Waals surface area contributed by atoms with Gasteiger partial charge in [-0.3, -0.25) is 9.10 Å². The van der Waals surface area contributed by atoms with E-state index in [4.69, 9.17) is 16.3 Å². The number of benzene rings is 3. The van der Waals surface area contributed by atoms with Gasteiger partial charge >= 0.3 is 0 Å².